The van der Waals surface area contributed by atoms with Crippen molar-refractivity contribution in [3.63, 3.8) is 0 Å². The zero-order valence-corrected chi connectivity index (χ0v) is 9.60. The highest BCUT2D eigenvalue weighted by Gasteiger charge is 2.22. The van der Waals surface area contributed by atoms with Gasteiger partial charge in [-0.25, -0.2) is 0 Å². The molecule has 0 saturated heterocycles. The lowest BCUT2D eigenvalue weighted by molar-refractivity contribution is 0.180. The van der Waals surface area contributed by atoms with E-state index in [9.17, 15) is 5.11 Å². The van der Waals surface area contributed by atoms with Crippen LogP contribution in [0.3, 0.4) is 0 Å². The average molecular weight is 220 g/mol. The van der Waals surface area contributed by atoms with E-state index in [0.717, 1.165) is 12.0 Å². The molecule has 2 atom stereocenters. The van der Waals surface area contributed by atoms with Gasteiger partial charge in [0, 0.05) is 6.61 Å². The first kappa shape index (κ1) is 11.6. The smallest absolute Gasteiger partial charge is 0.0681 e. The third-order valence-corrected chi connectivity index (χ3v) is 3.67. The number of hydrogen-bond donors (Lipinski definition) is 2. The van der Waals surface area contributed by atoms with Gasteiger partial charge < -0.3 is 10.2 Å². The molecule has 88 valence electrons. The first-order chi connectivity index (χ1) is 7.83. The van der Waals surface area contributed by atoms with Gasteiger partial charge in [0.15, 0.2) is 0 Å². The molecule has 0 aliphatic heterocycles. The minimum atomic E-state index is 0.115. The third-order valence-electron chi connectivity index (χ3n) is 3.67. The summed E-state index contributed by atoms with van der Waals surface area (Å²) in [7, 11) is 0. The fourth-order valence-corrected chi connectivity index (χ4v) is 2.65. The Morgan fingerprint density at radius 2 is 1.81 bits per heavy atom. The Balaban J connectivity index is 2.05. The summed E-state index contributed by atoms with van der Waals surface area (Å²) in [5, 5.41) is 18.2. The van der Waals surface area contributed by atoms with Gasteiger partial charge in [-0.2, -0.15) is 0 Å². The maximum atomic E-state index is 9.20. The van der Waals surface area contributed by atoms with Crippen molar-refractivity contribution in [1.29, 1.82) is 0 Å². The minimum absolute atomic E-state index is 0.115. The van der Waals surface area contributed by atoms with E-state index in [0.29, 0.717) is 18.4 Å². The van der Waals surface area contributed by atoms with Gasteiger partial charge in [0.25, 0.3) is 0 Å². The summed E-state index contributed by atoms with van der Waals surface area (Å²) in [5.74, 6) is 1.08. The molecule has 1 aliphatic carbocycles. The van der Waals surface area contributed by atoms with Gasteiger partial charge in [0.2, 0.25) is 0 Å². The van der Waals surface area contributed by atoms with Crippen LogP contribution in [-0.2, 0) is 6.61 Å². The number of benzene rings is 1. The van der Waals surface area contributed by atoms with Crippen LogP contribution in [0, 0.1) is 5.92 Å². The number of aliphatic hydroxyl groups excluding tert-OH is 2. The highest BCUT2D eigenvalue weighted by molar-refractivity contribution is 5.25. The van der Waals surface area contributed by atoms with E-state index in [1.165, 1.54) is 24.8 Å². The first-order valence-electron chi connectivity index (χ1n) is 6.14. The summed E-state index contributed by atoms with van der Waals surface area (Å²) >= 11 is 0. The van der Waals surface area contributed by atoms with Crippen LogP contribution in [0.5, 0.6) is 0 Å². The Kier molecular flexibility index (Phi) is 3.97. The molecule has 0 bridgehead atoms. The summed E-state index contributed by atoms with van der Waals surface area (Å²) in [4.78, 5) is 0. The predicted octanol–water partition coefficient (Wildman–Crippen LogP) is 2.45. The Labute approximate surface area is 96.9 Å². The van der Waals surface area contributed by atoms with E-state index in [2.05, 4.69) is 12.1 Å². The second kappa shape index (κ2) is 5.46. The van der Waals surface area contributed by atoms with Crippen LogP contribution >= 0.6 is 0 Å². The Morgan fingerprint density at radius 3 is 2.44 bits per heavy atom. The van der Waals surface area contributed by atoms with Gasteiger partial charge in [-0.1, -0.05) is 30.7 Å². The van der Waals surface area contributed by atoms with E-state index >= 15 is 0 Å². The molecule has 2 N–H and O–H groups in total. The van der Waals surface area contributed by atoms with Crippen LogP contribution in [0.2, 0.25) is 0 Å². The summed E-state index contributed by atoms with van der Waals surface area (Å²) in [6.07, 6.45) is 4.73. The van der Waals surface area contributed by atoms with E-state index in [1.807, 2.05) is 12.1 Å². The summed E-state index contributed by atoms with van der Waals surface area (Å²) < 4.78 is 0. The quantitative estimate of drug-likeness (QED) is 0.821. The average Bonchev–Trinajstić information content (AvgIpc) is 2.39. The van der Waals surface area contributed by atoms with Crippen molar-refractivity contribution in [2.24, 2.45) is 5.92 Å². The monoisotopic (exact) mass is 220 g/mol. The molecule has 1 aromatic rings. The Bertz CT molecular complexity index is 318. The largest absolute Gasteiger partial charge is 0.396 e. The van der Waals surface area contributed by atoms with Crippen molar-refractivity contribution in [1.82, 2.24) is 0 Å². The standard InChI is InChI=1S/C14H20O2/c15-9-11-4-6-13(7-5-11)14-3-1-2-12(8-14)10-16/h4-7,12,14-16H,1-3,8-10H2. The number of rotatable bonds is 3. The van der Waals surface area contributed by atoms with Crippen molar-refractivity contribution in [2.45, 2.75) is 38.2 Å². The summed E-state index contributed by atoms with van der Waals surface area (Å²) in [6.45, 7) is 0.440. The lowest BCUT2D eigenvalue weighted by Gasteiger charge is -2.28. The van der Waals surface area contributed by atoms with Crippen molar-refractivity contribution in [3.05, 3.63) is 35.4 Å². The fourth-order valence-electron chi connectivity index (χ4n) is 2.65. The van der Waals surface area contributed by atoms with Crippen LogP contribution in [0.1, 0.15) is 42.7 Å². The van der Waals surface area contributed by atoms with E-state index in [4.69, 9.17) is 5.11 Å². The second-order valence-corrected chi connectivity index (χ2v) is 4.81. The predicted molar refractivity (Wildman–Crippen MR) is 64.1 cm³/mol. The van der Waals surface area contributed by atoms with E-state index in [1.54, 1.807) is 0 Å². The van der Waals surface area contributed by atoms with Crippen LogP contribution in [0.15, 0.2) is 24.3 Å². The molecular formula is C14H20O2. The fraction of sp³-hybridized carbons (Fsp3) is 0.571. The maximum absolute atomic E-state index is 9.20. The van der Waals surface area contributed by atoms with Crippen molar-refractivity contribution >= 4 is 0 Å². The molecule has 1 aromatic carbocycles. The van der Waals surface area contributed by atoms with Crippen molar-refractivity contribution in [2.75, 3.05) is 6.61 Å². The van der Waals surface area contributed by atoms with Crippen molar-refractivity contribution in [3.8, 4) is 0 Å². The van der Waals surface area contributed by atoms with E-state index < -0.39 is 0 Å². The topological polar surface area (TPSA) is 40.5 Å². The number of hydrogen-bond acceptors (Lipinski definition) is 2. The molecular weight excluding hydrogens is 200 g/mol. The summed E-state index contributed by atoms with van der Waals surface area (Å²) in [6, 6.07) is 8.24. The zero-order chi connectivity index (χ0) is 11.4. The van der Waals surface area contributed by atoms with Crippen LogP contribution < -0.4 is 0 Å². The molecule has 2 rings (SSSR count). The molecule has 0 heterocycles. The SMILES string of the molecule is OCc1ccc(C2CCCC(CO)C2)cc1. The van der Waals surface area contributed by atoms with Gasteiger partial charge in [-0.05, 0) is 42.2 Å². The van der Waals surface area contributed by atoms with Gasteiger partial charge in [0.05, 0.1) is 6.61 Å². The second-order valence-electron chi connectivity index (χ2n) is 4.81. The molecule has 1 fully saturated rings. The van der Waals surface area contributed by atoms with Gasteiger partial charge in [0.1, 0.15) is 0 Å². The van der Waals surface area contributed by atoms with Crippen molar-refractivity contribution < 1.29 is 10.2 Å². The maximum Gasteiger partial charge on any atom is 0.0681 e. The molecule has 2 unspecified atom stereocenters. The molecule has 2 nitrogen and oxygen atoms in total. The van der Waals surface area contributed by atoms with Gasteiger partial charge in [-0.3, -0.25) is 0 Å². The highest BCUT2D eigenvalue weighted by Crippen LogP contribution is 2.35. The molecule has 0 spiro atoms. The third kappa shape index (κ3) is 2.63. The summed E-state index contributed by atoms with van der Waals surface area (Å²) in [5.41, 5.74) is 2.33. The Morgan fingerprint density at radius 1 is 1.06 bits per heavy atom. The molecule has 0 amide bonds. The van der Waals surface area contributed by atoms with Crippen LogP contribution in [0.4, 0.5) is 0 Å². The van der Waals surface area contributed by atoms with Gasteiger partial charge >= 0.3 is 0 Å². The molecule has 0 aromatic heterocycles. The van der Waals surface area contributed by atoms with Crippen LogP contribution in [-0.4, -0.2) is 16.8 Å². The molecule has 1 saturated carbocycles. The minimum Gasteiger partial charge on any atom is -0.396 e. The Hall–Kier alpha value is -0.860. The number of aliphatic hydroxyl groups is 2. The van der Waals surface area contributed by atoms with Crippen LogP contribution in [0.25, 0.3) is 0 Å². The highest BCUT2D eigenvalue weighted by atomic mass is 16.3. The van der Waals surface area contributed by atoms with Gasteiger partial charge in [-0.15, -0.1) is 0 Å². The lowest BCUT2D eigenvalue weighted by Crippen LogP contribution is -2.17. The molecule has 0 radical (unpaired) electrons. The molecule has 16 heavy (non-hydrogen) atoms. The zero-order valence-electron chi connectivity index (χ0n) is 9.60. The first-order valence-corrected chi connectivity index (χ1v) is 6.14. The molecule has 1 aliphatic rings. The molecule has 2 heteroatoms. The van der Waals surface area contributed by atoms with E-state index in [-0.39, 0.29) is 6.61 Å². The lowest BCUT2D eigenvalue weighted by atomic mass is 9.78. The normalized spacial score (nSPS) is 25.6.